The highest BCUT2D eigenvalue weighted by molar-refractivity contribution is 7.33. The van der Waals surface area contributed by atoms with E-state index in [1.165, 1.54) is 120 Å². The Balaban J connectivity index is 0.855. The summed E-state index contributed by atoms with van der Waals surface area (Å²) in [5, 5.41) is 8.08. The van der Waals surface area contributed by atoms with Crippen molar-refractivity contribution in [2.24, 2.45) is 0 Å². The van der Waals surface area contributed by atoms with Gasteiger partial charge in [-0.25, -0.2) is 0 Å². The first kappa shape index (κ1) is 36.6. The lowest BCUT2D eigenvalue weighted by Gasteiger charge is -1.96. The smallest absolute Gasteiger partial charge is 0.0528 e. The molecule has 0 nitrogen and oxygen atoms in total. The lowest BCUT2D eigenvalue weighted by atomic mass is 10.1. The molecule has 0 amide bonds. The van der Waals surface area contributed by atoms with Crippen LogP contribution in [0.15, 0.2) is 146 Å². The average Bonchev–Trinajstić information content (AvgIpc) is 4.09. The second-order valence-corrected chi connectivity index (χ2v) is 24.4. The lowest BCUT2D eigenvalue weighted by Crippen LogP contribution is -1.68. The molecule has 0 bridgehead atoms. The van der Waals surface area contributed by atoms with E-state index < -0.39 is 0 Å². The van der Waals surface area contributed by atoms with E-state index in [-0.39, 0.29) is 0 Å². The van der Waals surface area contributed by atoms with Crippen molar-refractivity contribution in [3.05, 3.63) is 155 Å². The SMILES string of the molecule is Cc1ccc(-c2sc(-c3ccc(-c4ccc(-c5sc(-c6ccc(-c7ccc(-c8sc(-c9ccc(C)s9)c9ccccc89)s7)s6)c6ccccc56)s4)s3)c3ccccc23)s1. The van der Waals surface area contributed by atoms with E-state index in [4.69, 9.17) is 0 Å². The van der Waals surface area contributed by atoms with Crippen molar-refractivity contribution in [3.8, 4) is 78.0 Å². The maximum atomic E-state index is 2.34. The molecule has 12 rings (SSSR count). The molecular weight excluding hydrogens is 889 g/mol. The van der Waals surface area contributed by atoms with Crippen LogP contribution in [0, 0.1) is 13.8 Å². The highest BCUT2D eigenvalue weighted by Gasteiger charge is 2.21. The molecule has 3 aromatic carbocycles. The predicted octanol–water partition coefficient (Wildman–Crippen LogP) is 19.7. The van der Waals surface area contributed by atoms with E-state index >= 15 is 0 Å². The third-order valence-corrected chi connectivity index (χ3v) is 22.1. The molecule has 59 heavy (non-hydrogen) atoms. The monoisotopic (exact) mass is 918 g/mol. The number of rotatable bonds is 8. The first-order chi connectivity index (χ1) is 29.0. The summed E-state index contributed by atoms with van der Waals surface area (Å²) >= 11 is 17.2. The van der Waals surface area contributed by atoms with Gasteiger partial charge in [0.15, 0.2) is 0 Å². The summed E-state index contributed by atoms with van der Waals surface area (Å²) in [6, 6.07) is 54.5. The van der Waals surface area contributed by atoms with Crippen molar-refractivity contribution in [3.63, 3.8) is 0 Å². The van der Waals surface area contributed by atoms with Gasteiger partial charge in [0.2, 0.25) is 0 Å². The third kappa shape index (κ3) is 6.33. The second-order valence-electron chi connectivity index (χ2n) is 14.4. The van der Waals surface area contributed by atoms with Crippen LogP contribution in [0.1, 0.15) is 9.75 Å². The molecule has 12 aromatic rings. The minimum Gasteiger partial charge on any atom is -0.140 e. The second kappa shape index (κ2) is 14.7. The van der Waals surface area contributed by atoms with Crippen molar-refractivity contribution in [2.45, 2.75) is 13.8 Å². The first-order valence-corrected chi connectivity index (χ1v) is 26.5. The van der Waals surface area contributed by atoms with Crippen LogP contribution in [0.4, 0.5) is 0 Å². The van der Waals surface area contributed by atoms with Crippen LogP contribution in [0.25, 0.3) is 110 Å². The molecular formula is C50H30S9. The Hall–Kier alpha value is -4.26. The summed E-state index contributed by atoms with van der Waals surface area (Å²) in [5.41, 5.74) is 0. The maximum Gasteiger partial charge on any atom is 0.0528 e. The quantitative estimate of drug-likeness (QED) is 0.142. The molecule has 0 aliphatic carbocycles. The van der Waals surface area contributed by atoms with Gasteiger partial charge in [-0.1, -0.05) is 72.8 Å². The summed E-state index contributed by atoms with van der Waals surface area (Å²) in [6.07, 6.45) is 0. The topological polar surface area (TPSA) is 0 Å². The van der Waals surface area contributed by atoms with E-state index in [9.17, 15) is 0 Å². The van der Waals surface area contributed by atoms with Gasteiger partial charge in [0, 0.05) is 90.8 Å². The van der Waals surface area contributed by atoms with Crippen molar-refractivity contribution in [2.75, 3.05) is 0 Å². The Morgan fingerprint density at radius 1 is 0.203 bits per heavy atom. The van der Waals surface area contributed by atoms with Crippen LogP contribution in [-0.2, 0) is 0 Å². The van der Waals surface area contributed by atoms with Crippen molar-refractivity contribution >= 4 is 134 Å². The van der Waals surface area contributed by atoms with Gasteiger partial charge in [-0.05, 0) is 86.6 Å². The molecule has 0 aliphatic rings. The number of hydrogen-bond donors (Lipinski definition) is 0. The van der Waals surface area contributed by atoms with Crippen LogP contribution in [-0.4, -0.2) is 0 Å². The first-order valence-electron chi connectivity index (χ1n) is 19.1. The van der Waals surface area contributed by atoms with E-state index in [1.54, 1.807) is 0 Å². The van der Waals surface area contributed by atoms with Gasteiger partial charge in [0.1, 0.15) is 0 Å². The number of thiophene rings is 9. The molecule has 284 valence electrons. The number of hydrogen-bond acceptors (Lipinski definition) is 9. The fourth-order valence-corrected chi connectivity index (χ4v) is 18.4. The van der Waals surface area contributed by atoms with Gasteiger partial charge in [0.25, 0.3) is 0 Å². The third-order valence-electron chi connectivity index (χ3n) is 10.6. The molecule has 0 aliphatic heterocycles. The lowest BCUT2D eigenvalue weighted by molar-refractivity contribution is 1.64. The minimum atomic E-state index is 1.33. The highest BCUT2D eigenvalue weighted by atomic mass is 32.1. The number of fused-ring (bicyclic) bond motifs is 3. The average molecular weight is 919 g/mol. The zero-order valence-electron chi connectivity index (χ0n) is 31.5. The van der Waals surface area contributed by atoms with Gasteiger partial charge >= 0.3 is 0 Å². The Bertz CT molecular complexity index is 3270. The molecule has 0 saturated heterocycles. The molecule has 0 unspecified atom stereocenters. The van der Waals surface area contributed by atoms with Crippen LogP contribution in [0.5, 0.6) is 0 Å². The summed E-state index contributed by atoms with van der Waals surface area (Å²) in [7, 11) is 0. The maximum absolute atomic E-state index is 2.34. The largest absolute Gasteiger partial charge is 0.140 e. The van der Waals surface area contributed by atoms with Gasteiger partial charge in [-0.3, -0.25) is 0 Å². The normalized spacial score (nSPS) is 11.9. The Morgan fingerprint density at radius 2 is 0.407 bits per heavy atom. The molecule has 0 atom stereocenters. The van der Waals surface area contributed by atoms with E-state index in [0.29, 0.717) is 0 Å². The van der Waals surface area contributed by atoms with Gasteiger partial charge in [0.05, 0.1) is 29.3 Å². The zero-order chi connectivity index (χ0) is 39.2. The summed E-state index contributed by atoms with van der Waals surface area (Å²) < 4.78 is 0. The molecule has 0 fully saturated rings. The van der Waals surface area contributed by atoms with E-state index in [1.807, 2.05) is 102 Å². The van der Waals surface area contributed by atoms with Gasteiger partial charge in [-0.15, -0.1) is 102 Å². The molecule has 9 aromatic heterocycles. The summed E-state index contributed by atoms with van der Waals surface area (Å²) in [5.74, 6) is 0. The van der Waals surface area contributed by atoms with Gasteiger partial charge < -0.3 is 0 Å². The van der Waals surface area contributed by atoms with Gasteiger partial charge in [-0.2, -0.15) is 0 Å². The molecule has 0 N–H and O–H groups in total. The summed E-state index contributed by atoms with van der Waals surface area (Å²) in [6.45, 7) is 4.39. The Labute approximate surface area is 377 Å². The van der Waals surface area contributed by atoms with Crippen LogP contribution in [0.2, 0.25) is 0 Å². The van der Waals surface area contributed by atoms with E-state index in [0.717, 1.165) is 0 Å². The van der Waals surface area contributed by atoms with Crippen molar-refractivity contribution in [1.82, 2.24) is 0 Å². The zero-order valence-corrected chi connectivity index (χ0v) is 38.9. The van der Waals surface area contributed by atoms with Crippen molar-refractivity contribution in [1.29, 1.82) is 0 Å². The predicted molar refractivity (Wildman–Crippen MR) is 273 cm³/mol. The van der Waals surface area contributed by atoms with Crippen LogP contribution in [0.3, 0.4) is 0 Å². The van der Waals surface area contributed by atoms with Crippen LogP contribution < -0.4 is 0 Å². The summed E-state index contributed by atoms with van der Waals surface area (Å²) in [4.78, 5) is 24.3. The Kier molecular flexibility index (Phi) is 9.13. The molecule has 0 saturated carbocycles. The number of aryl methyl sites for hydroxylation is 2. The highest BCUT2D eigenvalue weighted by Crippen LogP contribution is 2.53. The Morgan fingerprint density at radius 3 is 0.627 bits per heavy atom. The fourth-order valence-electron chi connectivity index (χ4n) is 7.85. The molecule has 9 heterocycles. The molecule has 0 spiro atoms. The van der Waals surface area contributed by atoms with Crippen molar-refractivity contribution < 1.29 is 0 Å². The van der Waals surface area contributed by atoms with E-state index in [2.05, 4.69) is 159 Å². The standard InChI is InChI=1S/C50H30S9/c1-27-15-17-39(51-27)45-29-9-3-5-11-31(29)47(57-45)41-23-19-35(53-41)37-21-25-43(55-37)49-33-13-7-8-14-34(33)50(59-49)44-26-22-38(56-44)36-20-24-42(54-36)48-32-12-6-4-10-30(32)46(58-48)40-18-16-28(2)52-40/h3-26H,1-2H3. The van der Waals surface area contributed by atoms with Crippen LogP contribution >= 0.6 is 102 Å². The molecule has 9 heteroatoms. The minimum absolute atomic E-state index is 1.33. The fraction of sp³-hybridized carbons (Fsp3) is 0.0400. The number of benzene rings is 3. The molecule has 0 radical (unpaired) electrons.